The second kappa shape index (κ2) is 8.85. The van der Waals surface area contributed by atoms with Gasteiger partial charge in [-0.25, -0.2) is 9.89 Å². The van der Waals surface area contributed by atoms with E-state index in [0.717, 1.165) is 11.3 Å². The van der Waals surface area contributed by atoms with Gasteiger partial charge in [-0.3, -0.25) is 14.6 Å². The Hall–Kier alpha value is -2.64. The van der Waals surface area contributed by atoms with E-state index in [1.807, 2.05) is 24.3 Å². The standard InChI is InChI=1S/C23H23ClN4O2S/c1-13(2)12-19-22(30)28-20(26-19)17-6-4-5-7-18(17)27-23(28)31-14(3)21(29)25-16-10-8-15(24)9-11-16/h4-11,13-14,19H,12H2,1-3H3,(H,25,29)/t14-,19+/m1/s1. The SMILES string of the molecule is CC(C)C[C@@H]1N=C2c3ccccc3N=C(S[C@H](C)C(=O)Nc3ccc(Cl)cc3)N2C1=O. The highest BCUT2D eigenvalue weighted by Crippen LogP contribution is 2.35. The predicted octanol–water partition coefficient (Wildman–Crippen LogP) is 5.11. The Kier molecular flexibility index (Phi) is 6.16. The van der Waals surface area contributed by atoms with Crippen LogP contribution >= 0.6 is 23.4 Å². The first-order valence-corrected chi connectivity index (χ1v) is 11.4. The van der Waals surface area contributed by atoms with Crippen molar-refractivity contribution in [3.8, 4) is 0 Å². The van der Waals surface area contributed by atoms with Crippen molar-refractivity contribution in [2.75, 3.05) is 5.32 Å². The Morgan fingerprint density at radius 1 is 1.16 bits per heavy atom. The predicted molar refractivity (Wildman–Crippen MR) is 127 cm³/mol. The van der Waals surface area contributed by atoms with Gasteiger partial charge in [-0.2, -0.15) is 0 Å². The van der Waals surface area contributed by atoms with Crippen LogP contribution in [0.4, 0.5) is 11.4 Å². The zero-order chi connectivity index (χ0) is 22.1. The third kappa shape index (κ3) is 4.52. The number of amides is 2. The van der Waals surface area contributed by atoms with Crippen molar-refractivity contribution < 1.29 is 9.59 Å². The molecule has 0 aliphatic carbocycles. The molecule has 2 aliphatic rings. The molecule has 2 atom stereocenters. The molecule has 8 heteroatoms. The summed E-state index contributed by atoms with van der Waals surface area (Å²) in [7, 11) is 0. The number of fused-ring (bicyclic) bond motifs is 3. The molecule has 0 radical (unpaired) electrons. The van der Waals surface area contributed by atoms with Gasteiger partial charge in [0.15, 0.2) is 5.17 Å². The van der Waals surface area contributed by atoms with Crippen molar-refractivity contribution in [3.63, 3.8) is 0 Å². The molecule has 2 heterocycles. The Balaban J connectivity index is 1.58. The summed E-state index contributed by atoms with van der Waals surface area (Å²) in [4.78, 5) is 36.9. The molecule has 2 aromatic carbocycles. The number of hydrogen-bond acceptors (Lipinski definition) is 5. The summed E-state index contributed by atoms with van der Waals surface area (Å²) < 4.78 is 0. The monoisotopic (exact) mass is 454 g/mol. The zero-order valence-corrected chi connectivity index (χ0v) is 19.1. The van der Waals surface area contributed by atoms with Crippen LogP contribution in [0.5, 0.6) is 0 Å². The van der Waals surface area contributed by atoms with Gasteiger partial charge in [-0.05, 0) is 55.7 Å². The summed E-state index contributed by atoms with van der Waals surface area (Å²) in [6.07, 6.45) is 0.672. The minimum atomic E-state index is -0.474. The fraction of sp³-hybridized carbons (Fsp3) is 0.304. The van der Waals surface area contributed by atoms with Crippen LogP contribution in [0.3, 0.4) is 0 Å². The maximum atomic E-state index is 13.2. The molecule has 160 valence electrons. The Labute approximate surface area is 190 Å². The molecule has 0 unspecified atom stereocenters. The molecule has 4 rings (SSSR count). The lowest BCUT2D eigenvalue weighted by atomic mass is 10.0. The Morgan fingerprint density at radius 2 is 1.87 bits per heavy atom. The highest BCUT2D eigenvalue weighted by molar-refractivity contribution is 8.15. The van der Waals surface area contributed by atoms with E-state index in [-0.39, 0.29) is 11.8 Å². The van der Waals surface area contributed by atoms with Gasteiger partial charge >= 0.3 is 0 Å². The number of rotatable bonds is 5. The molecule has 0 spiro atoms. The number of anilines is 1. The highest BCUT2D eigenvalue weighted by Gasteiger charge is 2.42. The number of hydrogen-bond donors (Lipinski definition) is 1. The topological polar surface area (TPSA) is 74.1 Å². The zero-order valence-electron chi connectivity index (χ0n) is 17.5. The maximum Gasteiger partial charge on any atom is 0.259 e. The molecule has 2 amide bonds. The Morgan fingerprint density at radius 3 is 2.58 bits per heavy atom. The van der Waals surface area contributed by atoms with E-state index >= 15 is 0 Å². The second-order valence-electron chi connectivity index (χ2n) is 7.94. The van der Waals surface area contributed by atoms with E-state index in [9.17, 15) is 9.59 Å². The summed E-state index contributed by atoms with van der Waals surface area (Å²) in [6.45, 7) is 5.94. The molecule has 6 nitrogen and oxygen atoms in total. The van der Waals surface area contributed by atoms with Gasteiger partial charge in [0.2, 0.25) is 5.91 Å². The van der Waals surface area contributed by atoms with Gasteiger partial charge < -0.3 is 5.32 Å². The minimum Gasteiger partial charge on any atom is -0.325 e. The number of halogens is 1. The fourth-order valence-corrected chi connectivity index (χ4v) is 4.51. The number of carbonyl (C=O) groups excluding carboxylic acids is 2. The van der Waals surface area contributed by atoms with Gasteiger partial charge in [0.25, 0.3) is 5.91 Å². The van der Waals surface area contributed by atoms with E-state index in [0.29, 0.717) is 34.1 Å². The summed E-state index contributed by atoms with van der Waals surface area (Å²) in [5.41, 5.74) is 2.25. The van der Waals surface area contributed by atoms with Gasteiger partial charge in [0, 0.05) is 16.3 Å². The van der Waals surface area contributed by atoms with Gasteiger partial charge in [-0.15, -0.1) is 0 Å². The summed E-state index contributed by atoms with van der Waals surface area (Å²) in [5.74, 6) is 0.689. The van der Waals surface area contributed by atoms with Crippen LogP contribution in [-0.2, 0) is 9.59 Å². The lowest BCUT2D eigenvalue weighted by molar-refractivity contribution is -0.125. The average molecular weight is 455 g/mol. The number of carbonyl (C=O) groups is 2. The molecule has 0 saturated heterocycles. The quantitative estimate of drug-likeness (QED) is 0.682. The first-order valence-electron chi connectivity index (χ1n) is 10.2. The van der Waals surface area contributed by atoms with Gasteiger partial charge in [0.1, 0.15) is 11.9 Å². The third-order valence-electron chi connectivity index (χ3n) is 5.01. The van der Waals surface area contributed by atoms with Crippen molar-refractivity contribution in [1.82, 2.24) is 4.90 Å². The average Bonchev–Trinajstić information content (AvgIpc) is 3.06. The summed E-state index contributed by atoms with van der Waals surface area (Å²) in [6, 6.07) is 14.1. The molecule has 2 aromatic rings. The molecule has 0 bridgehead atoms. The highest BCUT2D eigenvalue weighted by atomic mass is 35.5. The number of benzene rings is 2. The van der Waals surface area contributed by atoms with Crippen molar-refractivity contribution in [2.45, 2.75) is 38.5 Å². The first-order chi connectivity index (χ1) is 14.8. The van der Waals surface area contributed by atoms with Crippen LogP contribution in [0.2, 0.25) is 5.02 Å². The molecule has 1 N–H and O–H groups in total. The number of amidine groups is 2. The Bertz CT molecular complexity index is 1080. The molecular formula is C23H23ClN4O2S. The van der Waals surface area contributed by atoms with Crippen molar-refractivity contribution in [1.29, 1.82) is 0 Å². The number of aliphatic imine (C=N–C) groups is 2. The fourth-order valence-electron chi connectivity index (χ4n) is 3.47. The number of nitrogens with one attached hydrogen (secondary N) is 1. The van der Waals surface area contributed by atoms with Gasteiger partial charge in [0.05, 0.1) is 10.9 Å². The summed E-state index contributed by atoms with van der Waals surface area (Å²) in [5, 5.41) is 3.48. The molecule has 31 heavy (non-hydrogen) atoms. The van der Waals surface area contributed by atoms with Crippen molar-refractivity contribution in [3.05, 3.63) is 59.1 Å². The number of para-hydroxylation sites is 1. The smallest absolute Gasteiger partial charge is 0.259 e. The molecule has 2 aliphatic heterocycles. The van der Waals surface area contributed by atoms with Crippen LogP contribution in [-0.4, -0.2) is 39.0 Å². The first kappa shape index (κ1) is 21.6. The van der Waals surface area contributed by atoms with E-state index in [1.165, 1.54) is 11.8 Å². The maximum absolute atomic E-state index is 13.2. The number of thioether (sulfide) groups is 1. The van der Waals surface area contributed by atoms with Gasteiger partial charge in [-0.1, -0.05) is 49.3 Å². The van der Waals surface area contributed by atoms with Crippen LogP contribution in [0.1, 0.15) is 32.8 Å². The van der Waals surface area contributed by atoms with E-state index in [1.54, 1.807) is 36.1 Å². The summed E-state index contributed by atoms with van der Waals surface area (Å²) >= 11 is 7.16. The molecule has 0 fully saturated rings. The normalized spacial score (nSPS) is 18.3. The van der Waals surface area contributed by atoms with Crippen molar-refractivity contribution >= 4 is 57.6 Å². The third-order valence-corrected chi connectivity index (χ3v) is 6.31. The van der Waals surface area contributed by atoms with Crippen LogP contribution in [0.25, 0.3) is 0 Å². The minimum absolute atomic E-state index is 0.0882. The molecule has 0 aromatic heterocycles. The largest absolute Gasteiger partial charge is 0.325 e. The van der Waals surface area contributed by atoms with E-state index < -0.39 is 11.3 Å². The molecule has 0 saturated carbocycles. The van der Waals surface area contributed by atoms with Crippen LogP contribution in [0, 0.1) is 5.92 Å². The second-order valence-corrected chi connectivity index (χ2v) is 9.68. The van der Waals surface area contributed by atoms with Crippen molar-refractivity contribution in [2.24, 2.45) is 15.9 Å². The lowest BCUT2D eigenvalue weighted by Gasteiger charge is -2.27. The van der Waals surface area contributed by atoms with Crippen LogP contribution < -0.4 is 5.32 Å². The van der Waals surface area contributed by atoms with Crippen LogP contribution in [0.15, 0.2) is 58.5 Å². The van der Waals surface area contributed by atoms with E-state index in [4.69, 9.17) is 21.6 Å². The molecular weight excluding hydrogens is 432 g/mol. The lowest BCUT2D eigenvalue weighted by Crippen LogP contribution is -2.42. The number of nitrogens with zero attached hydrogens (tertiary/aromatic N) is 3. The van der Waals surface area contributed by atoms with E-state index in [2.05, 4.69) is 19.2 Å².